The molecule has 0 bridgehead atoms. The van der Waals surface area contributed by atoms with E-state index >= 15 is 0 Å². The standard InChI is InChI=1S/C17H25N3O3S/c1-14-5-6-17(13-15(14)2)23-16-7-11-20(12-8-16)24(21,22)19(3)10-4-9-18/h5-6,13,16H,4,7-8,10-12H2,1-3H3. The normalized spacial score (nSPS) is 17.0. The monoisotopic (exact) mass is 351 g/mol. The topological polar surface area (TPSA) is 73.6 Å². The molecular weight excluding hydrogens is 326 g/mol. The molecule has 1 aromatic carbocycles. The summed E-state index contributed by atoms with van der Waals surface area (Å²) >= 11 is 0. The Bertz CT molecular complexity index is 704. The molecule has 0 aliphatic carbocycles. The molecule has 0 N–H and O–H groups in total. The molecule has 0 unspecified atom stereocenters. The molecule has 0 spiro atoms. The molecule has 1 aliphatic heterocycles. The van der Waals surface area contributed by atoms with Gasteiger partial charge in [0.15, 0.2) is 0 Å². The largest absolute Gasteiger partial charge is 0.490 e. The predicted molar refractivity (Wildman–Crippen MR) is 92.9 cm³/mol. The van der Waals surface area contributed by atoms with Crippen molar-refractivity contribution in [3.63, 3.8) is 0 Å². The van der Waals surface area contributed by atoms with Crippen molar-refractivity contribution in [1.29, 1.82) is 5.26 Å². The van der Waals surface area contributed by atoms with Crippen molar-refractivity contribution in [3.8, 4) is 11.8 Å². The minimum atomic E-state index is -3.48. The number of aryl methyl sites for hydroxylation is 2. The Morgan fingerprint density at radius 3 is 2.54 bits per heavy atom. The van der Waals surface area contributed by atoms with Crippen LogP contribution in [0.4, 0.5) is 0 Å². The summed E-state index contributed by atoms with van der Waals surface area (Å²) in [6, 6.07) is 7.99. The highest BCUT2D eigenvalue weighted by molar-refractivity contribution is 7.86. The minimum absolute atomic E-state index is 0.0305. The van der Waals surface area contributed by atoms with E-state index in [0.29, 0.717) is 25.9 Å². The van der Waals surface area contributed by atoms with Gasteiger partial charge >= 0.3 is 0 Å². The lowest BCUT2D eigenvalue weighted by Crippen LogP contribution is -2.47. The van der Waals surface area contributed by atoms with E-state index in [1.54, 1.807) is 0 Å². The van der Waals surface area contributed by atoms with Crippen LogP contribution in [0.25, 0.3) is 0 Å². The van der Waals surface area contributed by atoms with Gasteiger partial charge in [-0.25, -0.2) is 0 Å². The third-order valence-electron chi connectivity index (χ3n) is 4.44. The molecule has 7 heteroatoms. The van der Waals surface area contributed by atoms with Crippen LogP contribution in [0.1, 0.15) is 30.4 Å². The molecule has 0 aromatic heterocycles. The Kier molecular flexibility index (Phi) is 6.21. The number of nitrogens with zero attached hydrogens (tertiary/aromatic N) is 3. The van der Waals surface area contributed by atoms with Gasteiger partial charge in [0.1, 0.15) is 11.9 Å². The highest BCUT2D eigenvalue weighted by Gasteiger charge is 2.31. The van der Waals surface area contributed by atoms with Gasteiger partial charge in [-0.05, 0) is 49.9 Å². The summed E-state index contributed by atoms with van der Waals surface area (Å²) in [6.07, 6.45) is 1.56. The van der Waals surface area contributed by atoms with Crippen molar-refractivity contribution < 1.29 is 13.2 Å². The van der Waals surface area contributed by atoms with Crippen LogP contribution in [0.3, 0.4) is 0 Å². The van der Waals surface area contributed by atoms with E-state index in [0.717, 1.165) is 5.75 Å². The summed E-state index contributed by atoms with van der Waals surface area (Å²) in [4.78, 5) is 0. The van der Waals surface area contributed by atoms with Crippen molar-refractivity contribution in [3.05, 3.63) is 29.3 Å². The first kappa shape index (κ1) is 18.7. The smallest absolute Gasteiger partial charge is 0.281 e. The van der Waals surface area contributed by atoms with Gasteiger partial charge in [0.25, 0.3) is 10.2 Å². The third-order valence-corrected chi connectivity index (χ3v) is 6.43. The van der Waals surface area contributed by atoms with Crippen LogP contribution in [0, 0.1) is 25.2 Å². The number of benzene rings is 1. The molecule has 1 fully saturated rings. The Balaban J connectivity index is 1.91. The summed E-state index contributed by atoms with van der Waals surface area (Å²) in [6.45, 7) is 5.21. The summed E-state index contributed by atoms with van der Waals surface area (Å²) in [5.41, 5.74) is 2.41. The molecule has 1 aliphatic rings. The first-order valence-corrected chi connectivity index (χ1v) is 9.56. The molecule has 2 rings (SSSR count). The summed E-state index contributed by atoms with van der Waals surface area (Å²) in [5, 5.41) is 8.60. The zero-order valence-corrected chi connectivity index (χ0v) is 15.3. The highest BCUT2D eigenvalue weighted by atomic mass is 32.2. The third kappa shape index (κ3) is 4.47. The second-order valence-electron chi connectivity index (χ2n) is 6.20. The molecule has 1 saturated heterocycles. The predicted octanol–water partition coefficient (Wildman–Crippen LogP) is 2.24. The van der Waals surface area contributed by atoms with Crippen LogP contribution in [0.2, 0.25) is 0 Å². The van der Waals surface area contributed by atoms with Gasteiger partial charge < -0.3 is 4.74 Å². The maximum Gasteiger partial charge on any atom is 0.281 e. The lowest BCUT2D eigenvalue weighted by molar-refractivity contribution is 0.132. The van der Waals surface area contributed by atoms with Crippen molar-refractivity contribution in [1.82, 2.24) is 8.61 Å². The molecule has 24 heavy (non-hydrogen) atoms. The zero-order chi connectivity index (χ0) is 17.7. The summed E-state index contributed by atoms with van der Waals surface area (Å²) < 4.78 is 33.6. The van der Waals surface area contributed by atoms with Crippen LogP contribution in [0.5, 0.6) is 5.75 Å². The Hall–Kier alpha value is -1.62. The number of ether oxygens (including phenoxy) is 1. The Labute approximate surface area is 144 Å². The van der Waals surface area contributed by atoms with Gasteiger partial charge in [-0.15, -0.1) is 0 Å². The van der Waals surface area contributed by atoms with Gasteiger partial charge in [-0.3, -0.25) is 0 Å². The van der Waals surface area contributed by atoms with E-state index in [1.807, 2.05) is 24.3 Å². The maximum atomic E-state index is 12.4. The number of hydrogen-bond donors (Lipinski definition) is 0. The van der Waals surface area contributed by atoms with Crippen LogP contribution in [-0.4, -0.2) is 49.8 Å². The van der Waals surface area contributed by atoms with Crippen LogP contribution >= 0.6 is 0 Å². The first-order valence-electron chi connectivity index (χ1n) is 8.17. The van der Waals surface area contributed by atoms with Gasteiger partial charge in [-0.1, -0.05) is 6.07 Å². The molecule has 0 atom stereocenters. The average Bonchev–Trinajstić information content (AvgIpc) is 2.56. The van der Waals surface area contributed by atoms with Gasteiger partial charge in [0.2, 0.25) is 0 Å². The first-order chi connectivity index (χ1) is 11.3. The zero-order valence-electron chi connectivity index (χ0n) is 14.5. The van der Waals surface area contributed by atoms with E-state index in [4.69, 9.17) is 10.00 Å². The lowest BCUT2D eigenvalue weighted by Gasteiger charge is -2.33. The average molecular weight is 351 g/mol. The van der Waals surface area contributed by atoms with Crippen molar-refractivity contribution in [2.24, 2.45) is 0 Å². The molecule has 132 valence electrons. The molecule has 1 heterocycles. The van der Waals surface area contributed by atoms with Gasteiger partial charge in [0, 0.05) is 33.1 Å². The number of hydrogen-bond acceptors (Lipinski definition) is 4. The fraction of sp³-hybridized carbons (Fsp3) is 0.588. The van der Waals surface area contributed by atoms with Crippen molar-refractivity contribution in [2.75, 3.05) is 26.7 Å². The van der Waals surface area contributed by atoms with Crippen LogP contribution < -0.4 is 4.74 Å². The number of nitriles is 1. The van der Waals surface area contributed by atoms with Gasteiger partial charge in [-0.2, -0.15) is 22.3 Å². The van der Waals surface area contributed by atoms with Crippen LogP contribution in [0.15, 0.2) is 18.2 Å². The summed E-state index contributed by atoms with van der Waals surface area (Å²) in [7, 11) is -1.96. The Morgan fingerprint density at radius 1 is 1.29 bits per heavy atom. The highest BCUT2D eigenvalue weighted by Crippen LogP contribution is 2.23. The quantitative estimate of drug-likeness (QED) is 0.788. The van der Waals surface area contributed by atoms with Gasteiger partial charge in [0.05, 0.1) is 6.07 Å². The minimum Gasteiger partial charge on any atom is -0.490 e. The molecule has 0 saturated carbocycles. The SMILES string of the molecule is Cc1ccc(OC2CCN(S(=O)(=O)N(C)CCC#N)CC2)cc1C. The Morgan fingerprint density at radius 2 is 1.96 bits per heavy atom. The van der Waals surface area contributed by atoms with E-state index in [-0.39, 0.29) is 19.1 Å². The van der Waals surface area contributed by atoms with E-state index in [2.05, 4.69) is 13.8 Å². The van der Waals surface area contributed by atoms with E-state index < -0.39 is 10.2 Å². The molecular formula is C17H25N3O3S. The molecule has 1 aromatic rings. The van der Waals surface area contributed by atoms with Crippen molar-refractivity contribution >= 4 is 10.2 Å². The van der Waals surface area contributed by atoms with Crippen molar-refractivity contribution in [2.45, 2.75) is 39.2 Å². The van der Waals surface area contributed by atoms with Crippen LogP contribution in [-0.2, 0) is 10.2 Å². The molecule has 6 nitrogen and oxygen atoms in total. The number of rotatable bonds is 6. The summed E-state index contributed by atoms with van der Waals surface area (Å²) in [5.74, 6) is 0.838. The maximum absolute atomic E-state index is 12.4. The van der Waals surface area contributed by atoms with E-state index in [9.17, 15) is 8.42 Å². The lowest BCUT2D eigenvalue weighted by atomic mass is 10.1. The fourth-order valence-corrected chi connectivity index (χ4v) is 4.07. The molecule has 0 amide bonds. The fourth-order valence-electron chi connectivity index (χ4n) is 2.68. The second-order valence-corrected chi connectivity index (χ2v) is 8.24. The van der Waals surface area contributed by atoms with E-state index in [1.165, 1.54) is 26.8 Å². The number of piperidine rings is 1. The second kappa shape index (κ2) is 7.97. The molecule has 0 radical (unpaired) electrons.